The summed E-state index contributed by atoms with van der Waals surface area (Å²) in [6.07, 6.45) is 1.68. The van der Waals surface area contributed by atoms with Crippen molar-refractivity contribution in [2.75, 3.05) is 33.8 Å². The fourth-order valence-corrected chi connectivity index (χ4v) is 4.09. The van der Waals surface area contributed by atoms with E-state index < -0.39 is 6.04 Å². The number of benzene rings is 2. The highest BCUT2D eigenvalue weighted by atomic mass is 16.5. The number of ether oxygens (including phenoxy) is 1. The smallest absolute Gasteiger partial charge is 0.290 e. The summed E-state index contributed by atoms with van der Waals surface area (Å²) in [7, 11) is 3.91. The van der Waals surface area contributed by atoms with Crippen LogP contribution in [0.3, 0.4) is 0 Å². The molecule has 1 aliphatic rings. The molecule has 0 aliphatic carbocycles. The molecule has 0 saturated carbocycles. The first kappa shape index (κ1) is 21.8. The molecule has 1 atom stereocenters. The molecule has 3 aromatic rings. The van der Waals surface area contributed by atoms with Gasteiger partial charge in [-0.3, -0.25) is 9.59 Å². The monoisotopic (exact) mass is 432 g/mol. The third-order valence-corrected chi connectivity index (χ3v) is 5.91. The van der Waals surface area contributed by atoms with E-state index >= 15 is 0 Å². The summed E-state index contributed by atoms with van der Waals surface area (Å²) < 4.78 is 11.8. The number of carbonyl (C=O) groups is 1. The number of hydrogen-bond donors (Lipinski definition) is 0. The normalized spacial score (nSPS) is 15.5. The van der Waals surface area contributed by atoms with Crippen LogP contribution in [-0.4, -0.2) is 49.5 Å². The maximum absolute atomic E-state index is 13.7. The molecule has 1 aromatic heterocycles. The fraction of sp³-hybridized carbons (Fsp3) is 0.308. The lowest BCUT2D eigenvalue weighted by Crippen LogP contribution is -2.35. The van der Waals surface area contributed by atoms with E-state index in [0.29, 0.717) is 42.0 Å². The molecule has 2 aromatic carbocycles. The number of nitrogens with zero attached hydrogens (tertiary/aromatic N) is 2. The molecule has 0 bridgehead atoms. The van der Waals surface area contributed by atoms with Gasteiger partial charge in [-0.25, -0.2) is 0 Å². The minimum atomic E-state index is -0.535. The quantitative estimate of drug-likeness (QED) is 0.527. The zero-order chi connectivity index (χ0) is 23.0. The molecule has 166 valence electrons. The molecule has 2 heterocycles. The van der Waals surface area contributed by atoms with E-state index in [4.69, 9.17) is 9.15 Å². The molecule has 6 heteroatoms. The van der Waals surface area contributed by atoms with Crippen LogP contribution in [0.2, 0.25) is 0 Å². The van der Waals surface area contributed by atoms with Gasteiger partial charge in [0.05, 0.1) is 17.0 Å². The molecule has 0 fully saturated rings. The van der Waals surface area contributed by atoms with Crippen molar-refractivity contribution in [3.05, 3.63) is 87.3 Å². The third kappa shape index (κ3) is 3.82. The van der Waals surface area contributed by atoms with Crippen molar-refractivity contribution in [2.24, 2.45) is 0 Å². The molecule has 1 amide bonds. The van der Waals surface area contributed by atoms with Crippen LogP contribution in [0, 0.1) is 13.8 Å². The lowest BCUT2D eigenvalue weighted by atomic mass is 9.97. The molecule has 6 nitrogen and oxygen atoms in total. The molecular weight excluding hydrogens is 404 g/mol. The SMILES string of the molecule is C=CCOc1cccc(C2c3c(oc4cc(C)c(C)cc4c3=O)C(=O)N2CCN(C)C)c1. The van der Waals surface area contributed by atoms with E-state index in [2.05, 4.69) is 6.58 Å². The summed E-state index contributed by atoms with van der Waals surface area (Å²) in [6.45, 7) is 9.12. The number of fused-ring (bicyclic) bond motifs is 2. The van der Waals surface area contributed by atoms with Crippen molar-refractivity contribution in [3.8, 4) is 5.75 Å². The molecule has 0 radical (unpaired) electrons. The predicted octanol–water partition coefficient (Wildman–Crippen LogP) is 4.08. The van der Waals surface area contributed by atoms with Crippen LogP contribution in [-0.2, 0) is 0 Å². The van der Waals surface area contributed by atoms with Gasteiger partial charge in [0.15, 0.2) is 5.43 Å². The summed E-state index contributed by atoms with van der Waals surface area (Å²) >= 11 is 0. The van der Waals surface area contributed by atoms with Gasteiger partial charge in [-0.2, -0.15) is 0 Å². The van der Waals surface area contributed by atoms with Crippen LogP contribution >= 0.6 is 0 Å². The first-order valence-electron chi connectivity index (χ1n) is 10.7. The Morgan fingerprint density at radius 3 is 2.62 bits per heavy atom. The largest absolute Gasteiger partial charge is 0.490 e. The predicted molar refractivity (Wildman–Crippen MR) is 126 cm³/mol. The van der Waals surface area contributed by atoms with E-state index in [1.807, 2.05) is 69.2 Å². The van der Waals surface area contributed by atoms with Gasteiger partial charge in [-0.15, -0.1) is 0 Å². The maximum atomic E-state index is 13.7. The zero-order valence-corrected chi connectivity index (χ0v) is 19.0. The van der Waals surface area contributed by atoms with Gasteiger partial charge in [0, 0.05) is 13.1 Å². The van der Waals surface area contributed by atoms with Crippen molar-refractivity contribution in [2.45, 2.75) is 19.9 Å². The zero-order valence-electron chi connectivity index (χ0n) is 19.0. The first-order valence-corrected chi connectivity index (χ1v) is 10.7. The van der Waals surface area contributed by atoms with Gasteiger partial charge < -0.3 is 19.0 Å². The van der Waals surface area contributed by atoms with E-state index in [-0.39, 0.29) is 17.1 Å². The minimum Gasteiger partial charge on any atom is -0.490 e. The van der Waals surface area contributed by atoms with Crippen molar-refractivity contribution in [3.63, 3.8) is 0 Å². The van der Waals surface area contributed by atoms with Crippen LogP contribution in [0.5, 0.6) is 5.75 Å². The Labute approximate surface area is 187 Å². The first-order chi connectivity index (χ1) is 15.3. The summed E-state index contributed by atoms with van der Waals surface area (Å²) in [5.41, 5.74) is 3.52. The second kappa shape index (κ2) is 8.63. The molecule has 0 N–H and O–H groups in total. The second-order valence-electron chi connectivity index (χ2n) is 8.48. The Balaban J connectivity index is 1.91. The molecule has 0 saturated heterocycles. The molecule has 0 spiro atoms. The van der Waals surface area contributed by atoms with E-state index in [1.165, 1.54) is 0 Å². The number of hydrogen-bond acceptors (Lipinski definition) is 5. The maximum Gasteiger partial charge on any atom is 0.290 e. The van der Waals surface area contributed by atoms with Crippen molar-refractivity contribution in [1.82, 2.24) is 9.80 Å². The average Bonchev–Trinajstić information content (AvgIpc) is 3.04. The van der Waals surface area contributed by atoms with Crippen LogP contribution in [0.25, 0.3) is 11.0 Å². The lowest BCUT2D eigenvalue weighted by Gasteiger charge is -2.26. The fourth-order valence-electron chi connectivity index (χ4n) is 4.09. The van der Waals surface area contributed by atoms with Gasteiger partial charge in [0.2, 0.25) is 5.76 Å². The van der Waals surface area contributed by atoms with Crippen LogP contribution in [0.1, 0.15) is 38.9 Å². The Morgan fingerprint density at radius 1 is 1.16 bits per heavy atom. The Morgan fingerprint density at radius 2 is 1.91 bits per heavy atom. The summed E-state index contributed by atoms with van der Waals surface area (Å²) in [5.74, 6) is 0.529. The van der Waals surface area contributed by atoms with Gasteiger partial charge in [-0.05, 0) is 68.9 Å². The second-order valence-corrected chi connectivity index (χ2v) is 8.48. The molecule has 4 rings (SSSR count). The van der Waals surface area contributed by atoms with Crippen LogP contribution in [0.4, 0.5) is 0 Å². The van der Waals surface area contributed by atoms with Crippen molar-refractivity contribution < 1.29 is 13.9 Å². The topological polar surface area (TPSA) is 63.0 Å². The molecule has 32 heavy (non-hydrogen) atoms. The molecular formula is C26H28N2O4. The van der Waals surface area contributed by atoms with Gasteiger partial charge >= 0.3 is 0 Å². The van der Waals surface area contributed by atoms with Crippen LogP contribution < -0.4 is 10.2 Å². The van der Waals surface area contributed by atoms with Crippen molar-refractivity contribution >= 4 is 16.9 Å². The van der Waals surface area contributed by atoms with Gasteiger partial charge in [0.25, 0.3) is 5.91 Å². The summed E-state index contributed by atoms with van der Waals surface area (Å²) in [5, 5.41) is 0.498. The molecule has 1 aliphatic heterocycles. The summed E-state index contributed by atoms with van der Waals surface area (Å²) in [4.78, 5) is 30.8. The van der Waals surface area contributed by atoms with Gasteiger partial charge in [-0.1, -0.05) is 24.8 Å². The number of rotatable bonds is 7. The van der Waals surface area contributed by atoms with Crippen LogP contribution in [0.15, 0.2) is 58.3 Å². The number of carbonyl (C=O) groups excluding carboxylic acids is 1. The Hall–Kier alpha value is -3.38. The third-order valence-electron chi connectivity index (χ3n) is 5.91. The highest BCUT2D eigenvalue weighted by molar-refractivity contribution is 5.99. The van der Waals surface area contributed by atoms with E-state index in [9.17, 15) is 9.59 Å². The standard InChI is InChI=1S/C26H28N2O4/c1-6-12-31-19-9-7-8-18(15-19)23-22-24(29)20-13-16(2)17(3)14-21(20)32-25(22)26(30)28(23)11-10-27(4)5/h6-9,13-15,23H,1,10-12H2,2-5H3. The average molecular weight is 433 g/mol. The Bertz CT molecular complexity index is 1260. The number of aryl methyl sites for hydroxylation is 2. The number of likely N-dealkylation sites (N-methyl/N-ethyl adjacent to an activating group) is 1. The molecule has 1 unspecified atom stereocenters. The van der Waals surface area contributed by atoms with E-state index in [0.717, 1.165) is 16.7 Å². The highest BCUT2D eigenvalue weighted by Crippen LogP contribution is 2.39. The highest BCUT2D eigenvalue weighted by Gasteiger charge is 2.42. The van der Waals surface area contributed by atoms with E-state index in [1.54, 1.807) is 11.0 Å². The summed E-state index contributed by atoms with van der Waals surface area (Å²) in [6, 6.07) is 10.7. The minimum absolute atomic E-state index is 0.131. The number of amides is 1. The lowest BCUT2D eigenvalue weighted by molar-refractivity contribution is 0.0716. The van der Waals surface area contributed by atoms with Gasteiger partial charge in [0.1, 0.15) is 17.9 Å². The Kier molecular flexibility index (Phi) is 5.89. The van der Waals surface area contributed by atoms with Crippen molar-refractivity contribution in [1.29, 1.82) is 0 Å².